The Morgan fingerprint density at radius 2 is 1.75 bits per heavy atom. The van der Waals surface area contributed by atoms with Crippen molar-refractivity contribution in [3.8, 4) is 5.75 Å². The van der Waals surface area contributed by atoms with E-state index in [2.05, 4.69) is 5.32 Å². The lowest BCUT2D eigenvalue weighted by atomic mass is 10.1. The van der Waals surface area contributed by atoms with Crippen molar-refractivity contribution < 1.29 is 33.6 Å². The fourth-order valence-corrected chi connectivity index (χ4v) is 2.73. The highest BCUT2D eigenvalue weighted by atomic mass is 16.7. The molecule has 1 N–H and O–H groups in total. The second-order valence-corrected chi connectivity index (χ2v) is 6.79. The summed E-state index contributed by atoms with van der Waals surface area (Å²) in [5.74, 6) is -1.12. The van der Waals surface area contributed by atoms with E-state index >= 15 is 0 Å². The molecule has 0 spiro atoms. The molecule has 11 heteroatoms. The van der Waals surface area contributed by atoms with E-state index in [1.807, 2.05) is 12.1 Å². The lowest BCUT2D eigenvalue weighted by Crippen LogP contribution is -2.43. The van der Waals surface area contributed by atoms with Crippen LogP contribution in [0.3, 0.4) is 0 Å². The molecule has 1 aliphatic heterocycles. The van der Waals surface area contributed by atoms with Crippen molar-refractivity contribution >= 4 is 29.2 Å². The molecule has 2 aromatic rings. The number of rotatable bonds is 10. The number of non-ortho nitro benzene ring substituents is 1. The summed E-state index contributed by atoms with van der Waals surface area (Å²) in [4.78, 5) is 50.5. The van der Waals surface area contributed by atoms with Gasteiger partial charge >= 0.3 is 5.97 Å². The Bertz CT molecular complexity index is 972. The Labute approximate surface area is 183 Å². The Kier molecular flexibility index (Phi) is 7.84. The molecule has 2 amide bonds. The molecule has 11 nitrogen and oxygen atoms in total. The molecule has 1 heterocycles. The molecule has 1 fully saturated rings. The lowest BCUT2D eigenvalue weighted by Gasteiger charge is -2.29. The van der Waals surface area contributed by atoms with Gasteiger partial charge in [-0.3, -0.25) is 24.5 Å². The van der Waals surface area contributed by atoms with Gasteiger partial charge in [0.05, 0.1) is 18.1 Å². The molecule has 168 valence electrons. The number of nitro groups is 1. The number of aryl methyl sites for hydroxylation is 1. The fraction of sp³-hybridized carbons (Fsp3) is 0.286. The van der Waals surface area contributed by atoms with Crippen LogP contribution in [-0.4, -0.2) is 54.1 Å². The molecule has 0 aromatic heterocycles. The molecule has 32 heavy (non-hydrogen) atoms. The average molecular weight is 443 g/mol. The number of hydrogen-bond donors (Lipinski definition) is 1. The number of amides is 2. The van der Waals surface area contributed by atoms with E-state index in [1.165, 1.54) is 29.3 Å². The number of carbonyl (C=O) groups excluding carboxylic acids is 3. The number of hydrogen-bond acceptors (Lipinski definition) is 8. The number of carbonyl (C=O) groups is 3. The Morgan fingerprint density at radius 3 is 2.34 bits per heavy atom. The Morgan fingerprint density at radius 1 is 1.06 bits per heavy atom. The maximum absolute atomic E-state index is 12.0. The molecule has 2 aromatic carbocycles. The SMILES string of the molecule is O=C(COCC(=O)Oc1ccc([N+](=O)[O-])cc1)Nc1ccc(CCC(=O)N2CCO2)cc1. The van der Waals surface area contributed by atoms with Crippen molar-refractivity contribution in [3.05, 3.63) is 64.2 Å². The molecule has 1 aliphatic rings. The largest absolute Gasteiger partial charge is 0.425 e. The molecule has 0 saturated carbocycles. The topological polar surface area (TPSA) is 137 Å². The first-order chi connectivity index (χ1) is 15.4. The van der Waals surface area contributed by atoms with Crippen molar-refractivity contribution in [2.24, 2.45) is 0 Å². The van der Waals surface area contributed by atoms with Crippen LogP contribution in [0.25, 0.3) is 0 Å². The maximum atomic E-state index is 12.0. The van der Waals surface area contributed by atoms with Gasteiger partial charge in [-0.1, -0.05) is 12.1 Å². The van der Waals surface area contributed by atoms with Gasteiger partial charge in [-0.15, -0.1) is 0 Å². The molecule has 0 bridgehead atoms. The summed E-state index contributed by atoms with van der Waals surface area (Å²) in [7, 11) is 0. The van der Waals surface area contributed by atoms with Gasteiger partial charge in [0, 0.05) is 24.2 Å². The molecule has 0 unspecified atom stereocenters. The summed E-state index contributed by atoms with van der Waals surface area (Å²) in [6, 6.07) is 12.0. The Hall–Kier alpha value is -3.83. The zero-order chi connectivity index (χ0) is 22.9. The molecular formula is C21H21N3O8. The summed E-state index contributed by atoms with van der Waals surface area (Å²) in [6.07, 6.45) is 0.905. The highest BCUT2D eigenvalue weighted by Gasteiger charge is 2.21. The quantitative estimate of drug-likeness (QED) is 0.254. The van der Waals surface area contributed by atoms with Crippen LogP contribution in [0.4, 0.5) is 11.4 Å². The molecule has 0 aliphatic carbocycles. The molecule has 3 rings (SSSR count). The number of hydroxylamine groups is 2. The number of ether oxygens (including phenoxy) is 2. The predicted octanol–water partition coefficient (Wildman–Crippen LogP) is 1.86. The molecule has 1 saturated heterocycles. The van der Waals surface area contributed by atoms with Gasteiger partial charge in [-0.2, -0.15) is 0 Å². The predicted molar refractivity (Wildman–Crippen MR) is 111 cm³/mol. The van der Waals surface area contributed by atoms with E-state index in [1.54, 1.807) is 12.1 Å². The summed E-state index contributed by atoms with van der Waals surface area (Å²) in [5, 5.41) is 14.6. The molecule has 0 radical (unpaired) electrons. The average Bonchev–Trinajstić information content (AvgIpc) is 2.72. The van der Waals surface area contributed by atoms with Crippen molar-refractivity contribution in [2.45, 2.75) is 12.8 Å². The normalized spacial score (nSPS) is 12.6. The van der Waals surface area contributed by atoms with Gasteiger partial charge in [-0.25, -0.2) is 9.86 Å². The van der Waals surface area contributed by atoms with E-state index in [0.29, 0.717) is 31.7 Å². The number of benzene rings is 2. The zero-order valence-electron chi connectivity index (χ0n) is 17.0. The van der Waals surface area contributed by atoms with E-state index in [0.717, 1.165) is 5.56 Å². The van der Waals surface area contributed by atoms with Crippen molar-refractivity contribution in [1.29, 1.82) is 0 Å². The van der Waals surface area contributed by atoms with Crippen LogP contribution in [0, 0.1) is 10.1 Å². The maximum Gasteiger partial charge on any atom is 0.337 e. The molecular weight excluding hydrogens is 422 g/mol. The minimum Gasteiger partial charge on any atom is -0.425 e. The third kappa shape index (κ3) is 6.86. The first-order valence-electron chi connectivity index (χ1n) is 9.75. The van der Waals surface area contributed by atoms with Crippen LogP contribution in [0.2, 0.25) is 0 Å². The smallest absolute Gasteiger partial charge is 0.337 e. The number of esters is 1. The van der Waals surface area contributed by atoms with Gasteiger partial charge in [0.2, 0.25) is 11.8 Å². The number of nitro benzene ring substituents is 1. The van der Waals surface area contributed by atoms with E-state index in [-0.39, 0.29) is 24.0 Å². The van der Waals surface area contributed by atoms with Gasteiger partial charge in [0.25, 0.3) is 5.69 Å². The van der Waals surface area contributed by atoms with Crippen molar-refractivity contribution in [2.75, 3.05) is 31.7 Å². The van der Waals surface area contributed by atoms with Crippen LogP contribution in [0.1, 0.15) is 12.0 Å². The highest BCUT2D eigenvalue weighted by Crippen LogP contribution is 2.17. The summed E-state index contributed by atoms with van der Waals surface area (Å²) < 4.78 is 10.0. The minimum absolute atomic E-state index is 0.0575. The zero-order valence-corrected chi connectivity index (χ0v) is 17.0. The van der Waals surface area contributed by atoms with Crippen LogP contribution < -0.4 is 10.1 Å². The first kappa shape index (κ1) is 22.8. The number of anilines is 1. The van der Waals surface area contributed by atoms with Crippen LogP contribution in [0.5, 0.6) is 5.75 Å². The van der Waals surface area contributed by atoms with Crippen molar-refractivity contribution in [1.82, 2.24) is 5.06 Å². The standard InChI is InChI=1S/C21H21N3O8/c25-19(13-30-14-21(27)32-18-8-6-17(7-9-18)24(28)29)22-16-4-1-15(2-5-16)3-10-20(26)23-11-12-31-23/h1-2,4-9H,3,10-14H2,(H,22,25). The first-order valence-corrected chi connectivity index (χ1v) is 9.75. The summed E-state index contributed by atoms with van der Waals surface area (Å²) >= 11 is 0. The van der Waals surface area contributed by atoms with Gasteiger partial charge in [0.15, 0.2) is 0 Å². The van der Waals surface area contributed by atoms with E-state index < -0.39 is 23.4 Å². The second kappa shape index (κ2) is 11.0. The third-order valence-corrected chi connectivity index (χ3v) is 4.42. The van der Waals surface area contributed by atoms with Crippen LogP contribution in [-0.2, 0) is 30.4 Å². The minimum atomic E-state index is -0.741. The second-order valence-electron chi connectivity index (χ2n) is 6.79. The van der Waals surface area contributed by atoms with Gasteiger partial charge < -0.3 is 14.8 Å². The van der Waals surface area contributed by atoms with Crippen LogP contribution in [0.15, 0.2) is 48.5 Å². The number of nitrogens with one attached hydrogen (secondary N) is 1. The van der Waals surface area contributed by atoms with Gasteiger partial charge in [-0.05, 0) is 36.2 Å². The summed E-state index contributed by atoms with van der Waals surface area (Å²) in [6.45, 7) is 0.380. The van der Waals surface area contributed by atoms with Crippen molar-refractivity contribution in [3.63, 3.8) is 0 Å². The summed E-state index contributed by atoms with van der Waals surface area (Å²) in [5.41, 5.74) is 1.37. The lowest BCUT2D eigenvalue weighted by molar-refractivity contribution is -0.384. The van der Waals surface area contributed by atoms with E-state index in [9.17, 15) is 24.5 Å². The monoisotopic (exact) mass is 443 g/mol. The third-order valence-electron chi connectivity index (χ3n) is 4.42. The highest BCUT2D eigenvalue weighted by molar-refractivity contribution is 5.91. The fourth-order valence-electron chi connectivity index (χ4n) is 2.73. The van der Waals surface area contributed by atoms with Gasteiger partial charge in [0.1, 0.15) is 19.0 Å². The van der Waals surface area contributed by atoms with Crippen LogP contribution >= 0.6 is 0 Å². The Balaban J connectivity index is 1.33. The molecule has 0 atom stereocenters. The number of nitrogens with zero attached hydrogens (tertiary/aromatic N) is 2. The van der Waals surface area contributed by atoms with E-state index in [4.69, 9.17) is 14.3 Å².